The maximum Gasteiger partial charge on any atom is 0.251 e. The fourth-order valence-corrected chi connectivity index (χ4v) is 4.68. The number of rotatable bonds is 3. The summed E-state index contributed by atoms with van der Waals surface area (Å²) in [5.41, 5.74) is 2.70. The van der Waals surface area contributed by atoms with Crippen molar-refractivity contribution in [1.82, 2.24) is 14.9 Å². The normalized spacial score (nSPS) is 21.4. The van der Waals surface area contributed by atoms with Crippen molar-refractivity contribution in [1.29, 1.82) is 0 Å². The summed E-state index contributed by atoms with van der Waals surface area (Å²) in [6.07, 6.45) is 2.11. The molecule has 2 aliphatic heterocycles. The summed E-state index contributed by atoms with van der Waals surface area (Å²) in [6.45, 7) is 1.58. The van der Waals surface area contributed by atoms with Crippen molar-refractivity contribution in [3.8, 4) is 0 Å². The molecule has 1 N–H and O–H groups in total. The number of imide groups is 1. The van der Waals surface area contributed by atoms with Crippen molar-refractivity contribution >= 4 is 44.5 Å². The van der Waals surface area contributed by atoms with Gasteiger partial charge >= 0.3 is 0 Å². The van der Waals surface area contributed by atoms with E-state index in [0.29, 0.717) is 11.6 Å². The molecule has 3 heterocycles. The molecule has 1 aromatic heterocycles. The van der Waals surface area contributed by atoms with Crippen molar-refractivity contribution in [2.45, 2.75) is 31.2 Å². The standard InChI is InChI=1S/C22H21BrN4O2/c23-15-5-7-16(8-6-15)27-20(28)13-19(22(27)29)26-11-9-14(10-12-26)21-24-17-3-1-2-4-18(17)25-21/h1-8,14,19H,9-13H2,(H,24,25)/t19-/m0/s1. The number of likely N-dealkylation sites (tertiary alicyclic amines) is 1. The van der Waals surface area contributed by atoms with Gasteiger partial charge in [-0.1, -0.05) is 28.1 Å². The van der Waals surface area contributed by atoms with Gasteiger partial charge in [0.2, 0.25) is 5.91 Å². The fraction of sp³-hybridized carbons (Fsp3) is 0.318. The lowest BCUT2D eigenvalue weighted by atomic mass is 9.95. The van der Waals surface area contributed by atoms with Gasteiger partial charge in [0.05, 0.1) is 29.2 Å². The van der Waals surface area contributed by atoms with Gasteiger partial charge in [0.25, 0.3) is 5.91 Å². The number of halogens is 1. The van der Waals surface area contributed by atoms with Crippen LogP contribution >= 0.6 is 15.9 Å². The van der Waals surface area contributed by atoms with Gasteiger partial charge in [-0.3, -0.25) is 14.5 Å². The number of amides is 2. The van der Waals surface area contributed by atoms with Crippen LogP contribution in [0.5, 0.6) is 0 Å². The van der Waals surface area contributed by atoms with E-state index in [1.165, 1.54) is 4.90 Å². The molecule has 0 aliphatic carbocycles. The van der Waals surface area contributed by atoms with Gasteiger partial charge in [0.1, 0.15) is 5.82 Å². The lowest BCUT2D eigenvalue weighted by Gasteiger charge is -2.34. The van der Waals surface area contributed by atoms with Gasteiger partial charge in [-0.05, 0) is 62.3 Å². The fourth-order valence-electron chi connectivity index (χ4n) is 4.41. The minimum Gasteiger partial charge on any atom is -0.342 e. The van der Waals surface area contributed by atoms with Gasteiger partial charge in [-0.2, -0.15) is 0 Å². The van der Waals surface area contributed by atoms with Crippen LogP contribution in [0.4, 0.5) is 5.69 Å². The smallest absolute Gasteiger partial charge is 0.251 e. The van der Waals surface area contributed by atoms with Gasteiger partial charge in [0, 0.05) is 10.4 Å². The summed E-state index contributed by atoms with van der Waals surface area (Å²) >= 11 is 3.39. The SMILES string of the molecule is O=C1C[C@H](N2CCC(c3nc4ccccc4[nH]3)CC2)C(=O)N1c1ccc(Br)cc1. The average molecular weight is 453 g/mol. The number of nitrogens with one attached hydrogen (secondary N) is 1. The first-order valence-electron chi connectivity index (χ1n) is 9.91. The number of para-hydroxylation sites is 2. The summed E-state index contributed by atoms with van der Waals surface area (Å²) in [7, 11) is 0. The van der Waals surface area contributed by atoms with Gasteiger partial charge in [-0.15, -0.1) is 0 Å². The lowest BCUT2D eigenvalue weighted by molar-refractivity contribution is -0.123. The third-order valence-corrected chi connectivity index (χ3v) is 6.50. The third-order valence-electron chi connectivity index (χ3n) is 5.97. The highest BCUT2D eigenvalue weighted by Gasteiger charge is 2.43. The number of hydrogen-bond donors (Lipinski definition) is 1. The van der Waals surface area contributed by atoms with E-state index in [9.17, 15) is 9.59 Å². The average Bonchev–Trinajstić information content (AvgIpc) is 3.30. The Morgan fingerprint density at radius 1 is 1.00 bits per heavy atom. The number of imidazole rings is 1. The van der Waals surface area contributed by atoms with Crippen LogP contribution in [0.1, 0.15) is 31.0 Å². The van der Waals surface area contributed by atoms with Gasteiger partial charge < -0.3 is 4.98 Å². The Bertz CT molecular complexity index is 1040. The number of carbonyl (C=O) groups excluding carboxylic acids is 2. The molecule has 0 unspecified atom stereocenters. The number of benzene rings is 2. The summed E-state index contributed by atoms with van der Waals surface area (Å²) in [5.74, 6) is 1.14. The first-order valence-corrected chi connectivity index (χ1v) is 10.7. The summed E-state index contributed by atoms with van der Waals surface area (Å²) < 4.78 is 0.921. The Kier molecular flexibility index (Phi) is 4.72. The minimum atomic E-state index is -0.359. The minimum absolute atomic E-state index is 0.112. The molecule has 5 rings (SSSR count). The Hall–Kier alpha value is -2.51. The molecule has 29 heavy (non-hydrogen) atoms. The molecule has 6 nitrogen and oxygen atoms in total. The van der Waals surface area contributed by atoms with Crippen LogP contribution in [0.3, 0.4) is 0 Å². The number of fused-ring (bicyclic) bond motifs is 1. The zero-order valence-corrected chi connectivity index (χ0v) is 17.4. The second kappa shape index (κ2) is 7.39. The summed E-state index contributed by atoms with van der Waals surface area (Å²) in [4.78, 5) is 37.2. The van der Waals surface area contributed by atoms with E-state index in [1.807, 2.05) is 36.4 Å². The van der Waals surface area contributed by atoms with E-state index < -0.39 is 0 Å². The Morgan fingerprint density at radius 2 is 1.72 bits per heavy atom. The highest BCUT2D eigenvalue weighted by atomic mass is 79.9. The highest BCUT2D eigenvalue weighted by Crippen LogP contribution is 2.32. The Labute approximate surface area is 177 Å². The van der Waals surface area contributed by atoms with Crippen molar-refractivity contribution < 1.29 is 9.59 Å². The van der Waals surface area contributed by atoms with Crippen molar-refractivity contribution in [2.24, 2.45) is 0 Å². The van der Waals surface area contributed by atoms with E-state index in [4.69, 9.17) is 4.98 Å². The molecule has 2 aromatic carbocycles. The summed E-state index contributed by atoms with van der Waals surface area (Å²) in [6, 6.07) is 15.0. The number of piperidine rings is 1. The van der Waals surface area contributed by atoms with Gasteiger partial charge in [0.15, 0.2) is 0 Å². The maximum absolute atomic E-state index is 13.0. The van der Waals surface area contributed by atoms with Gasteiger partial charge in [-0.25, -0.2) is 9.88 Å². The van der Waals surface area contributed by atoms with Crippen LogP contribution in [0, 0.1) is 0 Å². The third kappa shape index (κ3) is 3.38. The predicted molar refractivity (Wildman–Crippen MR) is 115 cm³/mol. The van der Waals surface area contributed by atoms with E-state index in [0.717, 1.165) is 47.3 Å². The first-order chi connectivity index (χ1) is 14.1. The molecule has 2 saturated heterocycles. The zero-order chi connectivity index (χ0) is 20.0. The number of carbonyl (C=O) groups is 2. The number of anilines is 1. The second-order valence-corrected chi connectivity index (χ2v) is 8.63. The van der Waals surface area contributed by atoms with E-state index in [1.54, 1.807) is 12.1 Å². The zero-order valence-electron chi connectivity index (χ0n) is 15.8. The number of hydrogen-bond acceptors (Lipinski definition) is 4. The van der Waals surface area contributed by atoms with Crippen LogP contribution < -0.4 is 4.90 Å². The first kappa shape index (κ1) is 18.5. The Morgan fingerprint density at radius 3 is 2.45 bits per heavy atom. The van der Waals surface area contributed by atoms with Crippen molar-refractivity contribution in [2.75, 3.05) is 18.0 Å². The monoisotopic (exact) mass is 452 g/mol. The molecule has 2 amide bonds. The highest BCUT2D eigenvalue weighted by molar-refractivity contribution is 9.10. The van der Waals surface area contributed by atoms with Crippen LogP contribution in [0.15, 0.2) is 53.0 Å². The van der Waals surface area contributed by atoms with Crippen LogP contribution in [-0.4, -0.2) is 45.8 Å². The molecule has 0 spiro atoms. The molecule has 0 saturated carbocycles. The molecular formula is C22H21BrN4O2. The van der Waals surface area contributed by atoms with Crippen LogP contribution in [0.2, 0.25) is 0 Å². The molecule has 1 atom stereocenters. The van der Waals surface area contributed by atoms with Crippen molar-refractivity contribution in [3.63, 3.8) is 0 Å². The second-order valence-electron chi connectivity index (χ2n) is 7.71. The molecule has 2 fully saturated rings. The van der Waals surface area contributed by atoms with E-state index in [2.05, 4.69) is 25.8 Å². The number of nitrogens with zero attached hydrogens (tertiary/aromatic N) is 3. The molecule has 0 bridgehead atoms. The molecule has 148 valence electrons. The molecule has 3 aromatic rings. The number of H-pyrrole nitrogens is 1. The summed E-state index contributed by atoms with van der Waals surface area (Å²) in [5, 5.41) is 0. The Balaban J connectivity index is 1.27. The largest absolute Gasteiger partial charge is 0.342 e. The molecule has 0 radical (unpaired) electrons. The van der Waals surface area contributed by atoms with Crippen LogP contribution in [-0.2, 0) is 9.59 Å². The number of aromatic nitrogens is 2. The van der Waals surface area contributed by atoms with E-state index >= 15 is 0 Å². The molecular weight excluding hydrogens is 432 g/mol. The number of aromatic amines is 1. The molecule has 7 heteroatoms. The predicted octanol–water partition coefficient (Wildman–Crippen LogP) is 3.84. The van der Waals surface area contributed by atoms with Crippen molar-refractivity contribution in [3.05, 3.63) is 58.8 Å². The topological polar surface area (TPSA) is 69.3 Å². The maximum atomic E-state index is 13.0. The quantitative estimate of drug-likeness (QED) is 0.612. The van der Waals surface area contributed by atoms with Crippen LogP contribution in [0.25, 0.3) is 11.0 Å². The van der Waals surface area contributed by atoms with E-state index in [-0.39, 0.29) is 24.3 Å². The molecule has 2 aliphatic rings. The lowest BCUT2D eigenvalue weighted by Crippen LogP contribution is -2.45.